The van der Waals surface area contributed by atoms with Crippen LogP contribution in [0.15, 0.2) is 0 Å². The van der Waals surface area contributed by atoms with E-state index in [1.54, 1.807) is 14.2 Å². The van der Waals surface area contributed by atoms with Crippen LogP contribution in [0.2, 0.25) is 12.6 Å². The Morgan fingerprint density at radius 2 is 1.87 bits per heavy atom. The molecule has 0 amide bonds. The quantitative estimate of drug-likeness (QED) is 0.483. The molecule has 0 fully saturated rings. The lowest BCUT2D eigenvalue weighted by Gasteiger charge is -2.28. The molecule has 0 saturated carbocycles. The fourth-order valence-corrected chi connectivity index (χ4v) is 4.81. The maximum atomic E-state index is 11.4. The summed E-state index contributed by atoms with van der Waals surface area (Å²) in [7, 11) is -2.93. The van der Waals surface area contributed by atoms with Gasteiger partial charge in [-0.2, -0.15) is 0 Å². The van der Waals surface area contributed by atoms with Crippen molar-refractivity contribution in [3.05, 3.63) is 0 Å². The monoisotopic (exact) mass is 255 g/mol. The van der Waals surface area contributed by atoms with Crippen molar-refractivity contribution in [2.75, 3.05) is 27.0 Å². The third-order valence-corrected chi connectivity index (χ3v) is 6.85. The second-order valence-corrected chi connectivity index (χ2v) is 8.97. The van der Waals surface area contributed by atoms with Crippen molar-refractivity contribution >= 4 is 16.2 Å². The van der Waals surface area contributed by atoms with Gasteiger partial charge in [0.25, 0.3) is 0 Å². The highest BCUT2D eigenvalue weighted by molar-refractivity contribution is 7.51. The normalized spacial score (nSPS) is 16.3. The van der Waals surface area contributed by atoms with E-state index in [0.29, 0.717) is 12.5 Å². The third-order valence-electron chi connectivity index (χ3n) is 2.20. The molecule has 15 heavy (non-hydrogen) atoms. The first-order valence-corrected chi connectivity index (χ1v) is 9.19. The topological polar surface area (TPSA) is 67.8 Å². The van der Waals surface area contributed by atoms with Crippen LogP contribution in [0.5, 0.6) is 0 Å². The number of hydrogen-bond acceptors (Lipinski definition) is 5. The molecular formula is C8H20O5PSi-. The van der Waals surface area contributed by atoms with Crippen molar-refractivity contribution in [3.8, 4) is 0 Å². The van der Waals surface area contributed by atoms with Crippen LogP contribution in [0.4, 0.5) is 0 Å². The van der Waals surface area contributed by atoms with Crippen molar-refractivity contribution in [1.82, 2.24) is 0 Å². The minimum atomic E-state index is -3.71. The molecule has 0 aliphatic heterocycles. The van der Waals surface area contributed by atoms with E-state index in [9.17, 15) is 9.46 Å². The van der Waals surface area contributed by atoms with Gasteiger partial charge in [-0.25, -0.2) is 0 Å². The Bertz CT molecular complexity index is 219. The highest BCUT2D eigenvalue weighted by Gasteiger charge is 2.30. The van der Waals surface area contributed by atoms with Crippen molar-refractivity contribution < 1.29 is 22.8 Å². The lowest BCUT2D eigenvalue weighted by Crippen LogP contribution is -2.37. The third kappa shape index (κ3) is 6.45. The highest BCUT2D eigenvalue weighted by Crippen LogP contribution is 2.39. The van der Waals surface area contributed by atoms with E-state index in [4.69, 9.17) is 13.4 Å². The van der Waals surface area contributed by atoms with Crippen LogP contribution >= 0.6 is 7.60 Å². The summed E-state index contributed by atoms with van der Waals surface area (Å²) in [5.74, 6) is 0. The van der Waals surface area contributed by atoms with E-state index in [2.05, 4.69) is 0 Å². The Balaban J connectivity index is 4.07. The smallest absolute Gasteiger partial charge is 0.334 e. The van der Waals surface area contributed by atoms with Crippen LogP contribution in [0, 0.1) is 0 Å². The van der Waals surface area contributed by atoms with E-state index >= 15 is 0 Å². The van der Waals surface area contributed by atoms with Gasteiger partial charge in [-0.1, -0.05) is 6.92 Å². The summed E-state index contributed by atoms with van der Waals surface area (Å²) in [5, 5.41) is 0. The molecule has 0 aromatic heterocycles. The molecule has 5 nitrogen and oxygen atoms in total. The van der Waals surface area contributed by atoms with Crippen LogP contribution in [-0.2, 0) is 17.9 Å². The van der Waals surface area contributed by atoms with Gasteiger partial charge in [-0.15, -0.1) is 0 Å². The van der Waals surface area contributed by atoms with E-state index in [-0.39, 0.29) is 12.8 Å². The van der Waals surface area contributed by atoms with Gasteiger partial charge in [0.1, 0.15) is 7.60 Å². The van der Waals surface area contributed by atoms with Gasteiger partial charge < -0.3 is 22.8 Å². The van der Waals surface area contributed by atoms with Gasteiger partial charge in [-0.3, -0.25) is 0 Å². The van der Waals surface area contributed by atoms with Crippen molar-refractivity contribution in [3.63, 3.8) is 0 Å². The molecule has 0 aliphatic rings. The summed E-state index contributed by atoms with van der Waals surface area (Å²) in [6.07, 6.45) is 0.673. The summed E-state index contributed by atoms with van der Waals surface area (Å²) in [6.45, 7) is 3.94. The summed E-state index contributed by atoms with van der Waals surface area (Å²) in [6, 6.07) is 0.393. The van der Waals surface area contributed by atoms with E-state index in [1.165, 1.54) is 0 Å². The van der Waals surface area contributed by atoms with Crippen LogP contribution < -0.4 is 4.89 Å². The number of rotatable bonds is 8. The maximum absolute atomic E-state index is 11.4. The Hall–Kier alpha value is 0.287. The summed E-state index contributed by atoms with van der Waals surface area (Å²) >= 11 is 0. The molecule has 1 atom stereocenters. The van der Waals surface area contributed by atoms with Gasteiger partial charge in [0.15, 0.2) is 0 Å². The first kappa shape index (κ1) is 15.3. The Morgan fingerprint density at radius 1 is 1.33 bits per heavy atom. The van der Waals surface area contributed by atoms with Crippen molar-refractivity contribution in [2.24, 2.45) is 0 Å². The second kappa shape index (κ2) is 6.78. The Labute approximate surface area is 92.5 Å². The zero-order valence-electron chi connectivity index (χ0n) is 9.82. The van der Waals surface area contributed by atoms with Gasteiger partial charge in [0, 0.05) is 20.4 Å². The molecule has 7 heteroatoms. The predicted molar refractivity (Wildman–Crippen MR) is 59.2 cm³/mol. The first-order chi connectivity index (χ1) is 6.89. The van der Waals surface area contributed by atoms with Crippen LogP contribution in [-0.4, -0.2) is 35.5 Å². The summed E-state index contributed by atoms with van der Waals surface area (Å²) < 4.78 is 26.5. The van der Waals surface area contributed by atoms with Crippen molar-refractivity contribution in [1.29, 1.82) is 0 Å². The van der Waals surface area contributed by atoms with Gasteiger partial charge >= 0.3 is 8.56 Å². The van der Waals surface area contributed by atoms with Gasteiger partial charge in [0.05, 0.1) is 6.61 Å². The first-order valence-electron chi connectivity index (χ1n) is 4.94. The van der Waals surface area contributed by atoms with E-state index < -0.39 is 16.2 Å². The van der Waals surface area contributed by atoms with E-state index in [1.807, 2.05) is 13.5 Å². The molecule has 1 unspecified atom stereocenters. The zero-order chi connectivity index (χ0) is 11.9. The second-order valence-electron chi connectivity index (χ2n) is 3.46. The van der Waals surface area contributed by atoms with Crippen LogP contribution in [0.25, 0.3) is 0 Å². The molecule has 0 heterocycles. The lowest BCUT2D eigenvalue weighted by molar-refractivity contribution is -0.198. The fraction of sp³-hybridized carbons (Fsp3) is 1.00. The molecule has 0 N–H and O–H groups in total. The molecule has 0 rings (SSSR count). The average molecular weight is 255 g/mol. The average Bonchev–Trinajstić information content (AvgIpc) is 2.23. The summed E-state index contributed by atoms with van der Waals surface area (Å²) in [4.78, 5) is 11.4. The van der Waals surface area contributed by atoms with Gasteiger partial charge in [-0.05, 0) is 19.0 Å². The Morgan fingerprint density at radius 3 is 2.27 bits per heavy atom. The standard InChI is InChI=1S/C8H21O5PSi/c1-5-6-13-14(9,10)7-8-15(4,11-2)12-3/h5-8H2,1-4H3,(H,9,10)/p-1. The molecule has 92 valence electrons. The molecule has 0 aromatic carbocycles. The summed E-state index contributed by atoms with van der Waals surface area (Å²) in [5.41, 5.74) is 0. The highest BCUT2D eigenvalue weighted by atomic mass is 31.2. The molecule has 0 bridgehead atoms. The molecule has 0 aromatic rings. The minimum absolute atomic E-state index is 0.0165. The van der Waals surface area contributed by atoms with Crippen molar-refractivity contribution in [2.45, 2.75) is 25.9 Å². The zero-order valence-corrected chi connectivity index (χ0v) is 11.7. The maximum Gasteiger partial charge on any atom is 0.334 e. The molecular weight excluding hydrogens is 235 g/mol. The van der Waals surface area contributed by atoms with Gasteiger partial charge in [0.2, 0.25) is 0 Å². The lowest BCUT2D eigenvalue weighted by atomic mass is 10.5. The SMILES string of the molecule is CCCOP(=O)([O-])CC[Si](C)(OC)OC. The Kier molecular flexibility index (Phi) is 6.91. The van der Waals surface area contributed by atoms with E-state index in [0.717, 1.165) is 0 Å². The number of hydrogen-bond donors (Lipinski definition) is 0. The van der Waals surface area contributed by atoms with Crippen LogP contribution in [0.1, 0.15) is 13.3 Å². The van der Waals surface area contributed by atoms with Crippen LogP contribution in [0.3, 0.4) is 0 Å². The predicted octanol–water partition coefficient (Wildman–Crippen LogP) is 1.33. The molecule has 0 aliphatic carbocycles. The molecule has 0 spiro atoms. The largest absolute Gasteiger partial charge is 0.779 e. The fourth-order valence-electron chi connectivity index (χ4n) is 0.922. The molecule has 0 radical (unpaired) electrons. The molecule has 0 saturated heterocycles. The minimum Gasteiger partial charge on any atom is -0.779 e.